The third kappa shape index (κ3) is 7.83. The van der Waals surface area contributed by atoms with Crippen molar-refractivity contribution in [3.63, 3.8) is 0 Å². The molecule has 0 unspecified atom stereocenters. The van der Waals surface area contributed by atoms with E-state index in [1.54, 1.807) is 0 Å². The van der Waals surface area contributed by atoms with Crippen LogP contribution in [0.15, 0.2) is 18.2 Å². The second-order valence-electron chi connectivity index (χ2n) is 6.19. The van der Waals surface area contributed by atoms with Gasteiger partial charge in [0.15, 0.2) is 0 Å². The molecule has 23 heavy (non-hydrogen) atoms. The van der Waals surface area contributed by atoms with Gasteiger partial charge in [-0.3, -0.25) is 0 Å². The van der Waals surface area contributed by atoms with Gasteiger partial charge in [-0.15, -0.1) is 0 Å². The Bertz CT molecular complexity index is 450. The molecular formula is C18H30INO3. The first-order valence-electron chi connectivity index (χ1n) is 8.46. The Morgan fingerprint density at radius 2 is 1.83 bits per heavy atom. The van der Waals surface area contributed by atoms with Gasteiger partial charge in [0, 0.05) is 3.57 Å². The van der Waals surface area contributed by atoms with Gasteiger partial charge in [0.05, 0.1) is 25.4 Å². The fourth-order valence-corrected chi connectivity index (χ4v) is 3.06. The summed E-state index contributed by atoms with van der Waals surface area (Å²) < 4.78 is 6.93. The standard InChI is InChI=1S/C18H30INO3/c1-2-3-4-5-6-11-23-16-8-7-15(17(19)12-16)9-10-18(20,13-21)14-22/h7-8,12,21-22H,2-6,9-11,13-14,20H2,1H3. The molecule has 0 radical (unpaired) electrons. The van der Waals surface area contributed by atoms with Gasteiger partial charge in [0.25, 0.3) is 0 Å². The molecule has 4 nitrogen and oxygen atoms in total. The molecule has 0 saturated carbocycles. The number of aryl methyl sites for hydroxylation is 1. The number of benzene rings is 1. The molecule has 0 saturated heterocycles. The third-order valence-electron chi connectivity index (χ3n) is 4.06. The largest absolute Gasteiger partial charge is 0.494 e. The summed E-state index contributed by atoms with van der Waals surface area (Å²) >= 11 is 2.30. The van der Waals surface area contributed by atoms with Crippen molar-refractivity contribution in [2.45, 2.75) is 57.4 Å². The number of hydrogen-bond acceptors (Lipinski definition) is 4. The van der Waals surface area contributed by atoms with Crippen molar-refractivity contribution in [2.24, 2.45) is 5.73 Å². The number of ether oxygens (including phenoxy) is 1. The molecule has 5 heteroatoms. The van der Waals surface area contributed by atoms with E-state index in [0.717, 1.165) is 34.3 Å². The molecule has 132 valence electrons. The van der Waals surface area contributed by atoms with Crippen LogP contribution in [0.4, 0.5) is 0 Å². The Morgan fingerprint density at radius 1 is 1.13 bits per heavy atom. The van der Waals surface area contributed by atoms with Crippen LogP contribution in [0.3, 0.4) is 0 Å². The molecule has 0 aliphatic rings. The zero-order valence-corrected chi connectivity index (χ0v) is 16.2. The van der Waals surface area contributed by atoms with Crippen LogP contribution in [0.1, 0.15) is 51.0 Å². The summed E-state index contributed by atoms with van der Waals surface area (Å²) in [5.74, 6) is 0.900. The molecule has 0 heterocycles. The van der Waals surface area contributed by atoms with Crippen molar-refractivity contribution >= 4 is 22.6 Å². The second-order valence-corrected chi connectivity index (χ2v) is 7.36. The highest BCUT2D eigenvalue weighted by atomic mass is 127. The SMILES string of the molecule is CCCCCCCOc1ccc(CCC(N)(CO)CO)c(I)c1. The van der Waals surface area contributed by atoms with Crippen LogP contribution in [0, 0.1) is 3.57 Å². The molecule has 1 aromatic carbocycles. The minimum absolute atomic E-state index is 0.209. The average molecular weight is 435 g/mol. The molecule has 4 N–H and O–H groups in total. The predicted octanol–water partition coefficient (Wildman–Crippen LogP) is 3.26. The van der Waals surface area contributed by atoms with E-state index >= 15 is 0 Å². The fraction of sp³-hybridized carbons (Fsp3) is 0.667. The first-order valence-corrected chi connectivity index (χ1v) is 9.54. The molecule has 0 aliphatic heterocycles. The molecule has 0 amide bonds. The first-order chi connectivity index (χ1) is 11.0. The number of halogens is 1. The molecule has 1 aromatic rings. The lowest BCUT2D eigenvalue weighted by Crippen LogP contribution is -2.47. The van der Waals surface area contributed by atoms with Crippen molar-refractivity contribution in [2.75, 3.05) is 19.8 Å². The van der Waals surface area contributed by atoms with Gasteiger partial charge < -0.3 is 20.7 Å². The predicted molar refractivity (Wildman–Crippen MR) is 103 cm³/mol. The molecule has 0 fully saturated rings. The highest BCUT2D eigenvalue weighted by Crippen LogP contribution is 2.23. The van der Waals surface area contributed by atoms with Crippen LogP contribution in [-0.2, 0) is 6.42 Å². The molecule has 0 aliphatic carbocycles. The van der Waals surface area contributed by atoms with Crippen LogP contribution < -0.4 is 10.5 Å². The normalized spacial score (nSPS) is 11.7. The summed E-state index contributed by atoms with van der Waals surface area (Å²) in [5.41, 5.74) is 6.17. The van der Waals surface area contributed by atoms with Gasteiger partial charge in [0.2, 0.25) is 0 Å². The van der Waals surface area contributed by atoms with Gasteiger partial charge in [0.1, 0.15) is 5.75 Å². The van der Waals surface area contributed by atoms with Gasteiger partial charge in [-0.2, -0.15) is 0 Å². The Hall–Kier alpha value is -0.370. The van der Waals surface area contributed by atoms with E-state index in [4.69, 9.17) is 10.5 Å². The average Bonchev–Trinajstić information content (AvgIpc) is 2.57. The minimum atomic E-state index is -0.906. The lowest BCUT2D eigenvalue weighted by molar-refractivity contribution is 0.115. The summed E-state index contributed by atoms with van der Waals surface area (Å²) in [5, 5.41) is 18.5. The van der Waals surface area contributed by atoms with Crippen molar-refractivity contribution in [3.05, 3.63) is 27.3 Å². The zero-order chi connectivity index (χ0) is 17.1. The highest BCUT2D eigenvalue weighted by Gasteiger charge is 2.22. The minimum Gasteiger partial charge on any atom is -0.494 e. The second kappa shape index (κ2) is 11.2. The van der Waals surface area contributed by atoms with E-state index in [1.807, 2.05) is 18.2 Å². The Balaban J connectivity index is 2.42. The summed E-state index contributed by atoms with van der Waals surface area (Å²) in [7, 11) is 0. The molecule has 1 rings (SSSR count). The van der Waals surface area contributed by atoms with Crippen LogP contribution in [0.25, 0.3) is 0 Å². The summed E-state index contributed by atoms with van der Waals surface area (Å²) in [6.45, 7) is 2.56. The maximum absolute atomic E-state index is 9.24. The summed E-state index contributed by atoms with van der Waals surface area (Å²) in [4.78, 5) is 0. The fourth-order valence-electron chi connectivity index (χ4n) is 2.31. The summed E-state index contributed by atoms with van der Waals surface area (Å²) in [6.07, 6.45) is 7.45. The van der Waals surface area contributed by atoms with Gasteiger partial charge in [-0.25, -0.2) is 0 Å². The smallest absolute Gasteiger partial charge is 0.120 e. The highest BCUT2D eigenvalue weighted by molar-refractivity contribution is 14.1. The van der Waals surface area contributed by atoms with Crippen molar-refractivity contribution in [1.82, 2.24) is 0 Å². The van der Waals surface area contributed by atoms with E-state index in [1.165, 1.54) is 25.7 Å². The molecule has 0 bridgehead atoms. The van der Waals surface area contributed by atoms with Crippen LogP contribution >= 0.6 is 22.6 Å². The quantitative estimate of drug-likeness (QED) is 0.348. The topological polar surface area (TPSA) is 75.7 Å². The Labute approximate surface area is 153 Å². The van der Waals surface area contributed by atoms with Gasteiger partial charge >= 0.3 is 0 Å². The van der Waals surface area contributed by atoms with Gasteiger partial charge in [-0.05, 0) is 59.5 Å². The van der Waals surface area contributed by atoms with Crippen molar-refractivity contribution in [3.8, 4) is 5.75 Å². The number of nitrogens with two attached hydrogens (primary N) is 1. The number of aliphatic hydroxyl groups is 2. The van der Waals surface area contributed by atoms with Crippen molar-refractivity contribution < 1.29 is 14.9 Å². The third-order valence-corrected chi connectivity index (χ3v) is 5.07. The Morgan fingerprint density at radius 3 is 2.43 bits per heavy atom. The molecular weight excluding hydrogens is 405 g/mol. The maximum Gasteiger partial charge on any atom is 0.120 e. The van der Waals surface area contributed by atoms with Crippen LogP contribution in [0.5, 0.6) is 5.75 Å². The van der Waals surface area contributed by atoms with Crippen LogP contribution in [-0.4, -0.2) is 35.6 Å². The first kappa shape index (κ1) is 20.7. The van der Waals surface area contributed by atoms with E-state index in [-0.39, 0.29) is 13.2 Å². The van der Waals surface area contributed by atoms with E-state index < -0.39 is 5.54 Å². The van der Waals surface area contributed by atoms with E-state index in [0.29, 0.717) is 6.42 Å². The van der Waals surface area contributed by atoms with Gasteiger partial charge in [-0.1, -0.05) is 38.7 Å². The van der Waals surface area contributed by atoms with E-state index in [2.05, 4.69) is 29.5 Å². The van der Waals surface area contributed by atoms with E-state index in [9.17, 15) is 10.2 Å². The summed E-state index contributed by atoms with van der Waals surface area (Å²) in [6, 6.07) is 6.07. The molecule has 0 aromatic heterocycles. The monoisotopic (exact) mass is 435 g/mol. The van der Waals surface area contributed by atoms with Crippen LogP contribution in [0.2, 0.25) is 0 Å². The van der Waals surface area contributed by atoms with Crippen molar-refractivity contribution in [1.29, 1.82) is 0 Å². The number of rotatable bonds is 12. The zero-order valence-electron chi connectivity index (χ0n) is 14.1. The lowest BCUT2D eigenvalue weighted by Gasteiger charge is -2.24. The number of hydrogen-bond donors (Lipinski definition) is 3. The Kier molecular flexibility index (Phi) is 10.1. The molecule has 0 atom stereocenters. The number of aliphatic hydroxyl groups excluding tert-OH is 2. The number of unbranched alkanes of at least 4 members (excludes halogenated alkanes) is 4. The lowest BCUT2D eigenvalue weighted by atomic mass is 9.94. The molecule has 0 spiro atoms. The maximum atomic E-state index is 9.24.